The third-order valence-corrected chi connectivity index (χ3v) is 8.04. The Morgan fingerprint density at radius 2 is 2.02 bits per heavy atom. The van der Waals surface area contributed by atoms with Crippen LogP contribution in [0.2, 0.25) is 5.02 Å². The van der Waals surface area contributed by atoms with Crippen LogP contribution in [0.5, 0.6) is 5.75 Å². The highest BCUT2D eigenvalue weighted by molar-refractivity contribution is 6.34. The highest BCUT2D eigenvalue weighted by Crippen LogP contribution is 2.40. The predicted octanol–water partition coefficient (Wildman–Crippen LogP) is 4.31. The van der Waals surface area contributed by atoms with Gasteiger partial charge in [-0.2, -0.15) is 4.98 Å². The summed E-state index contributed by atoms with van der Waals surface area (Å²) < 4.78 is 22.7. The Kier molecular flexibility index (Phi) is 7.54. The van der Waals surface area contributed by atoms with Crippen LogP contribution in [0.15, 0.2) is 54.0 Å². The average Bonchev–Trinajstić information content (AvgIpc) is 2.99. The largest absolute Gasteiger partial charge is 0.481 e. The number of fused-ring (bicyclic) bond motifs is 5. The molecule has 226 valence electrons. The SMILES string of the molecule is C=CC(=O)N1CCN(c2nc(=O)n3c4nc(c(Cl)cc24)-c2c(F)cccc2NC(=O)COc2ccnc(C(C)C)c2-3)[C@H](C)C1. The molecule has 0 aliphatic carbocycles. The first kappa shape index (κ1) is 29.2. The quantitative estimate of drug-likeness (QED) is 0.338. The van der Waals surface area contributed by atoms with Gasteiger partial charge in [0.25, 0.3) is 5.91 Å². The Balaban J connectivity index is 1.70. The van der Waals surface area contributed by atoms with Crippen molar-refractivity contribution in [2.45, 2.75) is 32.7 Å². The van der Waals surface area contributed by atoms with E-state index in [0.717, 1.165) is 0 Å². The predicted molar refractivity (Wildman–Crippen MR) is 165 cm³/mol. The number of nitrogens with zero attached hydrogens (tertiary/aromatic N) is 6. The lowest BCUT2D eigenvalue weighted by Crippen LogP contribution is -2.54. The molecule has 2 aliphatic rings. The molecule has 2 aliphatic heterocycles. The fraction of sp³-hybridized carbons (Fsp3) is 0.290. The van der Waals surface area contributed by atoms with Gasteiger partial charge in [-0.05, 0) is 37.1 Å². The van der Waals surface area contributed by atoms with E-state index in [9.17, 15) is 14.4 Å². The van der Waals surface area contributed by atoms with E-state index in [1.807, 2.05) is 25.7 Å². The number of carbonyl (C=O) groups is 2. The van der Waals surface area contributed by atoms with E-state index < -0.39 is 24.0 Å². The van der Waals surface area contributed by atoms with Crippen LogP contribution in [-0.2, 0) is 9.59 Å². The third kappa shape index (κ3) is 4.94. The lowest BCUT2D eigenvalue weighted by molar-refractivity contribution is -0.126. The molecule has 0 spiro atoms. The van der Waals surface area contributed by atoms with Crippen molar-refractivity contribution in [3.63, 3.8) is 0 Å². The summed E-state index contributed by atoms with van der Waals surface area (Å²) in [7, 11) is 0. The third-order valence-electron chi connectivity index (χ3n) is 7.76. The first-order valence-corrected chi connectivity index (χ1v) is 14.5. The molecule has 3 aromatic heterocycles. The Morgan fingerprint density at radius 1 is 1.23 bits per heavy atom. The number of piperazine rings is 1. The van der Waals surface area contributed by atoms with Crippen LogP contribution in [0.3, 0.4) is 0 Å². The minimum Gasteiger partial charge on any atom is -0.481 e. The van der Waals surface area contributed by atoms with Gasteiger partial charge < -0.3 is 19.9 Å². The van der Waals surface area contributed by atoms with Crippen molar-refractivity contribution in [1.82, 2.24) is 24.4 Å². The van der Waals surface area contributed by atoms with Gasteiger partial charge in [-0.15, -0.1) is 0 Å². The van der Waals surface area contributed by atoms with Gasteiger partial charge in [-0.1, -0.05) is 38.1 Å². The standard InChI is InChI=1S/C31H29ClFN7O4/c1-5-24(42)38-11-12-39(17(4)14-38)29-18-13-19(32)27-25-20(33)7-6-8-21(25)35-23(41)15-44-22-9-10-34-26(16(2)3)28(22)40(30(18)36-27)31(43)37-29/h5-10,13,16-17H,1,11-12,14-15H2,2-4H3,(H,35,41)/t17-/m1/s1. The van der Waals surface area contributed by atoms with E-state index in [1.54, 1.807) is 23.2 Å². The average molecular weight is 618 g/mol. The first-order chi connectivity index (χ1) is 21.1. The van der Waals surface area contributed by atoms with Crippen LogP contribution in [0.4, 0.5) is 15.9 Å². The number of ether oxygens (including phenoxy) is 1. The van der Waals surface area contributed by atoms with Gasteiger partial charge in [0.1, 0.15) is 23.1 Å². The summed E-state index contributed by atoms with van der Waals surface area (Å²) in [4.78, 5) is 56.9. The van der Waals surface area contributed by atoms with Crippen molar-refractivity contribution in [3.05, 3.63) is 76.2 Å². The number of hydrogen-bond acceptors (Lipinski definition) is 8. The number of pyridine rings is 2. The zero-order valence-corrected chi connectivity index (χ0v) is 25.1. The second-order valence-corrected chi connectivity index (χ2v) is 11.4. The van der Waals surface area contributed by atoms with Gasteiger partial charge in [-0.25, -0.2) is 18.7 Å². The van der Waals surface area contributed by atoms with Crippen molar-refractivity contribution in [3.8, 4) is 22.7 Å². The summed E-state index contributed by atoms with van der Waals surface area (Å²) in [6.07, 6.45) is 2.82. The Bertz CT molecular complexity index is 1910. The molecule has 6 rings (SSSR count). The molecule has 44 heavy (non-hydrogen) atoms. The highest BCUT2D eigenvalue weighted by Gasteiger charge is 2.31. The number of halogens is 2. The molecule has 1 aromatic carbocycles. The van der Waals surface area contributed by atoms with Gasteiger partial charge >= 0.3 is 5.69 Å². The zero-order chi connectivity index (χ0) is 31.3. The molecule has 13 heteroatoms. The maximum absolute atomic E-state index is 15.5. The van der Waals surface area contributed by atoms with E-state index in [4.69, 9.17) is 21.3 Å². The summed E-state index contributed by atoms with van der Waals surface area (Å²) in [5, 5.41) is 3.21. The molecule has 2 amide bonds. The minimum atomic E-state index is -0.680. The molecule has 0 unspecified atom stereocenters. The number of aromatic nitrogens is 4. The van der Waals surface area contributed by atoms with Crippen molar-refractivity contribution in [1.29, 1.82) is 0 Å². The first-order valence-electron chi connectivity index (χ1n) is 14.1. The van der Waals surface area contributed by atoms with Crippen molar-refractivity contribution >= 4 is 46.0 Å². The number of rotatable bonds is 3. The second kappa shape index (κ2) is 11.3. The molecule has 1 saturated heterocycles. The van der Waals surface area contributed by atoms with E-state index in [0.29, 0.717) is 36.5 Å². The van der Waals surface area contributed by atoms with Gasteiger partial charge in [-0.3, -0.25) is 14.6 Å². The van der Waals surface area contributed by atoms with Crippen LogP contribution >= 0.6 is 11.6 Å². The van der Waals surface area contributed by atoms with Crippen LogP contribution in [0, 0.1) is 5.82 Å². The number of hydrogen-bond donors (Lipinski definition) is 1. The molecule has 1 N–H and O–H groups in total. The van der Waals surface area contributed by atoms with Gasteiger partial charge in [0.05, 0.1) is 33.0 Å². The monoisotopic (exact) mass is 617 g/mol. The van der Waals surface area contributed by atoms with E-state index in [-0.39, 0.29) is 56.9 Å². The topological polar surface area (TPSA) is 123 Å². The summed E-state index contributed by atoms with van der Waals surface area (Å²) in [6.45, 7) is 10.1. The van der Waals surface area contributed by atoms with E-state index in [2.05, 4.69) is 21.9 Å². The molecule has 1 fully saturated rings. The van der Waals surface area contributed by atoms with Crippen LogP contribution in [0.1, 0.15) is 32.4 Å². The summed E-state index contributed by atoms with van der Waals surface area (Å²) in [5.74, 6) is -1.02. The smallest absolute Gasteiger partial charge is 0.356 e. The highest BCUT2D eigenvalue weighted by atomic mass is 35.5. The number of nitrogens with one attached hydrogen (secondary N) is 1. The van der Waals surface area contributed by atoms with E-state index >= 15 is 4.39 Å². The molecular weight excluding hydrogens is 589 g/mol. The van der Waals surface area contributed by atoms with Gasteiger partial charge in [0, 0.05) is 37.9 Å². The number of anilines is 2. The maximum Gasteiger partial charge on any atom is 0.356 e. The maximum atomic E-state index is 15.5. The number of amides is 2. The molecule has 11 nitrogen and oxygen atoms in total. The molecule has 5 heterocycles. The molecule has 2 bridgehead atoms. The molecule has 0 radical (unpaired) electrons. The van der Waals surface area contributed by atoms with Crippen molar-refractivity contribution in [2.24, 2.45) is 0 Å². The van der Waals surface area contributed by atoms with Crippen LogP contribution in [-0.4, -0.2) is 68.5 Å². The summed E-state index contributed by atoms with van der Waals surface area (Å²) >= 11 is 6.84. The molecular formula is C31H29ClFN7O4. The minimum absolute atomic E-state index is 0.0327. The number of carbonyl (C=O) groups excluding carboxylic acids is 2. The fourth-order valence-electron chi connectivity index (χ4n) is 5.72. The zero-order valence-electron chi connectivity index (χ0n) is 24.3. The Morgan fingerprint density at radius 3 is 2.75 bits per heavy atom. The molecule has 1 atom stereocenters. The Hall–Kier alpha value is -4.84. The van der Waals surface area contributed by atoms with Crippen LogP contribution < -0.4 is 20.6 Å². The second-order valence-electron chi connectivity index (χ2n) is 11.0. The van der Waals surface area contributed by atoms with Gasteiger partial charge in [0.15, 0.2) is 12.3 Å². The fourth-order valence-corrected chi connectivity index (χ4v) is 5.96. The van der Waals surface area contributed by atoms with Gasteiger partial charge in [0.2, 0.25) is 5.91 Å². The summed E-state index contributed by atoms with van der Waals surface area (Å²) in [5.41, 5.74) is 0.390. The summed E-state index contributed by atoms with van der Waals surface area (Å²) in [6, 6.07) is 7.18. The van der Waals surface area contributed by atoms with Crippen molar-refractivity contribution in [2.75, 3.05) is 36.5 Å². The van der Waals surface area contributed by atoms with Crippen molar-refractivity contribution < 1.29 is 18.7 Å². The normalized spacial score (nSPS) is 16.5. The number of benzene rings is 1. The van der Waals surface area contributed by atoms with Crippen LogP contribution in [0.25, 0.3) is 28.0 Å². The Labute approximate surface area is 256 Å². The lowest BCUT2D eigenvalue weighted by atomic mass is 10.1. The lowest BCUT2D eigenvalue weighted by Gasteiger charge is -2.40. The van der Waals surface area contributed by atoms with E-state index in [1.165, 1.54) is 28.8 Å². The molecule has 0 saturated carbocycles. The molecule has 4 aromatic rings.